The lowest BCUT2D eigenvalue weighted by atomic mass is 10.8. The van der Waals surface area contributed by atoms with Crippen LogP contribution in [0.4, 0.5) is 0 Å². The zero-order chi connectivity index (χ0) is 9.94. The molecule has 0 spiro atoms. The molecule has 0 aliphatic heterocycles. The standard InChI is InChI=1S/C7H15NO3Si/c1-6(9)8(11-7(2)10)12(3,4)5/h1-5H3. The van der Waals surface area contributed by atoms with Crippen molar-refractivity contribution in [2.45, 2.75) is 33.5 Å². The molecule has 0 saturated carbocycles. The molecule has 0 N–H and O–H groups in total. The van der Waals surface area contributed by atoms with Gasteiger partial charge in [-0.2, -0.15) is 0 Å². The van der Waals surface area contributed by atoms with E-state index in [0.29, 0.717) is 0 Å². The Bertz CT molecular complexity index is 197. The van der Waals surface area contributed by atoms with E-state index in [4.69, 9.17) is 4.84 Å². The van der Waals surface area contributed by atoms with Crippen molar-refractivity contribution in [1.82, 2.24) is 4.73 Å². The first-order valence-electron chi connectivity index (χ1n) is 3.74. The van der Waals surface area contributed by atoms with Crippen molar-refractivity contribution in [3.63, 3.8) is 0 Å². The van der Waals surface area contributed by atoms with Crippen LogP contribution in [0.3, 0.4) is 0 Å². The van der Waals surface area contributed by atoms with E-state index in [0.717, 1.165) is 0 Å². The summed E-state index contributed by atoms with van der Waals surface area (Å²) in [6, 6.07) is 0. The highest BCUT2D eigenvalue weighted by Gasteiger charge is 2.29. The summed E-state index contributed by atoms with van der Waals surface area (Å²) in [5.41, 5.74) is 0. The molecular formula is C7H15NO3Si. The Kier molecular flexibility index (Phi) is 3.45. The molecule has 0 heterocycles. The number of rotatable bonds is 1. The van der Waals surface area contributed by atoms with Gasteiger partial charge < -0.3 is 4.84 Å². The molecule has 0 aliphatic carbocycles. The second kappa shape index (κ2) is 3.71. The SMILES string of the molecule is CC(=O)ON(C(C)=O)[Si](C)(C)C. The van der Waals surface area contributed by atoms with E-state index in [1.807, 2.05) is 19.6 Å². The highest BCUT2D eigenvalue weighted by atomic mass is 28.3. The minimum atomic E-state index is -1.87. The van der Waals surface area contributed by atoms with Gasteiger partial charge in [-0.05, 0) is 19.6 Å². The van der Waals surface area contributed by atoms with Crippen molar-refractivity contribution in [2.75, 3.05) is 0 Å². The van der Waals surface area contributed by atoms with Crippen LogP contribution in [-0.4, -0.2) is 24.8 Å². The van der Waals surface area contributed by atoms with Gasteiger partial charge in [-0.15, -0.1) is 0 Å². The Balaban J connectivity index is 4.46. The van der Waals surface area contributed by atoms with Crippen LogP contribution in [0.15, 0.2) is 0 Å². The van der Waals surface area contributed by atoms with Crippen molar-refractivity contribution >= 4 is 20.1 Å². The smallest absolute Gasteiger partial charge is 0.328 e. The van der Waals surface area contributed by atoms with E-state index in [-0.39, 0.29) is 5.91 Å². The predicted molar refractivity (Wildman–Crippen MR) is 47.6 cm³/mol. The van der Waals surface area contributed by atoms with E-state index in [1.165, 1.54) is 18.6 Å². The van der Waals surface area contributed by atoms with Gasteiger partial charge in [0.2, 0.25) is 14.1 Å². The third-order valence-corrected chi connectivity index (χ3v) is 2.74. The summed E-state index contributed by atoms with van der Waals surface area (Å²) in [5.74, 6) is -0.669. The minimum absolute atomic E-state index is 0.218. The molecule has 12 heavy (non-hydrogen) atoms. The van der Waals surface area contributed by atoms with Crippen LogP contribution in [0.5, 0.6) is 0 Å². The predicted octanol–water partition coefficient (Wildman–Crippen LogP) is 1.15. The average molecular weight is 189 g/mol. The Morgan fingerprint density at radius 1 is 1.17 bits per heavy atom. The fourth-order valence-corrected chi connectivity index (χ4v) is 2.15. The van der Waals surface area contributed by atoms with Gasteiger partial charge in [-0.1, -0.05) is 0 Å². The Hall–Kier alpha value is -0.843. The lowest BCUT2D eigenvalue weighted by Crippen LogP contribution is -2.49. The van der Waals surface area contributed by atoms with Gasteiger partial charge >= 0.3 is 5.97 Å². The van der Waals surface area contributed by atoms with Crippen LogP contribution < -0.4 is 0 Å². The molecule has 0 aromatic carbocycles. The molecule has 70 valence electrons. The van der Waals surface area contributed by atoms with Gasteiger partial charge in [-0.3, -0.25) is 9.59 Å². The lowest BCUT2D eigenvalue weighted by Gasteiger charge is -2.30. The average Bonchev–Trinajstić information content (AvgIpc) is 1.79. The number of hydrogen-bond donors (Lipinski definition) is 0. The maximum absolute atomic E-state index is 11.0. The van der Waals surface area contributed by atoms with Crippen molar-refractivity contribution < 1.29 is 14.4 Å². The van der Waals surface area contributed by atoms with Gasteiger partial charge in [0.1, 0.15) is 0 Å². The lowest BCUT2D eigenvalue weighted by molar-refractivity contribution is -0.178. The highest BCUT2D eigenvalue weighted by Crippen LogP contribution is 2.10. The number of hydrogen-bond acceptors (Lipinski definition) is 3. The molecule has 0 aliphatic rings. The first-order chi connectivity index (χ1) is 5.25. The topological polar surface area (TPSA) is 46.6 Å². The van der Waals surface area contributed by atoms with E-state index >= 15 is 0 Å². The van der Waals surface area contributed by atoms with Crippen LogP contribution in [-0.2, 0) is 14.4 Å². The Morgan fingerprint density at radius 3 is 1.67 bits per heavy atom. The summed E-state index contributed by atoms with van der Waals surface area (Å²) in [6.07, 6.45) is 0. The third kappa shape index (κ3) is 3.52. The first kappa shape index (κ1) is 11.2. The number of carbonyl (C=O) groups is 2. The molecule has 0 aromatic rings. The minimum Gasteiger partial charge on any atom is -0.348 e. The molecule has 4 nitrogen and oxygen atoms in total. The van der Waals surface area contributed by atoms with E-state index < -0.39 is 14.2 Å². The maximum atomic E-state index is 11.0. The monoisotopic (exact) mass is 189 g/mol. The number of hydroxylamine groups is 1. The largest absolute Gasteiger partial charge is 0.348 e. The molecule has 0 fully saturated rings. The Morgan fingerprint density at radius 2 is 1.58 bits per heavy atom. The fourth-order valence-electron chi connectivity index (χ4n) is 0.802. The summed E-state index contributed by atoms with van der Waals surface area (Å²) in [5, 5.41) is 0. The quantitative estimate of drug-likeness (QED) is 0.459. The van der Waals surface area contributed by atoms with Crippen molar-refractivity contribution in [1.29, 1.82) is 0 Å². The summed E-state index contributed by atoms with van der Waals surface area (Å²) in [7, 11) is -1.87. The number of amides is 1. The molecule has 0 atom stereocenters. The van der Waals surface area contributed by atoms with Gasteiger partial charge in [-0.25, -0.2) is 4.73 Å². The highest BCUT2D eigenvalue weighted by molar-refractivity contribution is 6.75. The zero-order valence-electron chi connectivity index (χ0n) is 8.17. The van der Waals surface area contributed by atoms with Crippen molar-refractivity contribution in [3.05, 3.63) is 0 Å². The molecule has 0 radical (unpaired) electrons. The van der Waals surface area contributed by atoms with E-state index in [9.17, 15) is 9.59 Å². The van der Waals surface area contributed by atoms with Crippen molar-refractivity contribution in [2.24, 2.45) is 0 Å². The second-order valence-corrected chi connectivity index (χ2v) is 8.31. The van der Waals surface area contributed by atoms with Gasteiger partial charge in [0.05, 0.1) is 0 Å². The normalized spacial score (nSPS) is 10.8. The summed E-state index contributed by atoms with van der Waals surface area (Å²) in [4.78, 5) is 26.4. The van der Waals surface area contributed by atoms with Crippen LogP contribution in [0.25, 0.3) is 0 Å². The number of nitrogens with zero attached hydrogens (tertiary/aromatic N) is 1. The van der Waals surface area contributed by atoms with Crippen LogP contribution in [0.2, 0.25) is 19.6 Å². The molecule has 0 saturated heterocycles. The first-order valence-corrected chi connectivity index (χ1v) is 7.19. The van der Waals surface area contributed by atoms with Gasteiger partial charge in [0.15, 0.2) is 0 Å². The maximum Gasteiger partial charge on any atom is 0.328 e. The van der Waals surface area contributed by atoms with E-state index in [2.05, 4.69) is 0 Å². The summed E-state index contributed by atoms with van der Waals surface area (Å²) in [6.45, 7) is 8.46. The fraction of sp³-hybridized carbons (Fsp3) is 0.714. The Labute approximate surface area is 73.5 Å². The second-order valence-electron chi connectivity index (χ2n) is 3.57. The third-order valence-electron chi connectivity index (χ3n) is 1.12. The molecular weight excluding hydrogens is 174 g/mol. The van der Waals surface area contributed by atoms with Gasteiger partial charge in [0, 0.05) is 13.8 Å². The summed E-state index contributed by atoms with van der Waals surface area (Å²) >= 11 is 0. The van der Waals surface area contributed by atoms with Gasteiger partial charge in [0.25, 0.3) is 0 Å². The summed E-state index contributed by atoms with van der Waals surface area (Å²) < 4.78 is 1.20. The van der Waals surface area contributed by atoms with Crippen LogP contribution in [0.1, 0.15) is 13.8 Å². The molecule has 0 aromatic heterocycles. The van der Waals surface area contributed by atoms with Crippen molar-refractivity contribution in [3.8, 4) is 0 Å². The molecule has 0 bridgehead atoms. The molecule has 0 unspecified atom stereocenters. The molecule has 5 heteroatoms. The molecule has 1 amide bonds. The number of carbonyl (C=O) groups excluding carboxylic acids is 2. The van der Waals surface area contributed by atoms with Crippen LogP contribution in [0, 0.1) is 0 Å². The zero-order valence-corrected chi connectivity index (χ0v) is 9.17. The van der Waals surface area contributed by atoms with Crippen LogP contribution >= 0.6 is 0 Å². The molecule has 0 rings (SSSR count). The van der Waals surface area contributed by atoms with E-state index in [1.54, 1.807) is 0 Å².